The van der Waals surface area contributed by atoms with Gasteiger partial charge in [-0.2, -0.15) is 0 Å². The molecular formula is C36H27O3PSe. The van der Waals surface area contributed by atoms with E-state index in [4.69, 9.17) is 13.8 Å². The number of fused-ring (bicyclic) bond motifs is 7. The van der Waals surface area contributed by atoms with Crippen LogP contribution in [0.2, 0.25) is 0 Å². The number of hydrogen-bond donors (Lipinski definition) is 0. The maximum absolute atomic E-state index is 7.30. The minimum absolute atomic E-state index is 0.131. The first-order valence-corrected chi connectivity index (χ1v) is 17.9. The standard InChI is InChI=1S/C36H27O3PSe/c41-40(28-19-20-37-23-28)38-35-31(24-11-3-1-4-12-24)21-26-15-7-9-17-29(26)33(35)34-30-18-10-8-16-27(30)22-32(36(34)39-40)25-13-5-2-6-14-25/h1-18,21-22,28H,19-20,23H2. The van der Waals surface area contributed by atoms with Gasteiger partial charge in [0.25, 0.3) is 0 Å². The molecule has 0 bridgehead atoms. The number of ether oxygens (including phenoxy) is 1. The van der Waals surface area contributed by atoms with Gasteiger partial charge in [-0.1, -0.05) is 0 Å². The Labute approximate surface area is 247 Å². The predicted molar refractivity (Wildman–Crippen MR) is 171 cm³/mol. The van der Waals surface area contributed by atoms with E-state index in [2.05, 4.69) is 136 Å². The van der Waals surface area contributed by atoms with Crippen LogP contribution in [-0.2, 0) is 4.74 Å². The summed E-state index contributed by atoms with van der Waals surface area (Å²) >= 11 is 3.50. The molecule has 8 rings (SSSR count). The van der Waals surface area contributed by atoms with E-state index < -0.39 is 5.96 Å². The molecule has 1 atom stereocenters. The molecule has 0 N–H and O–H groups in total. The fourth-order valence-corrected chi connectivity index (χ4v) is 10.1. The van der Waals surface area contributed by atoms with Crippen LogP contribution in [-0.4, -0.2) is 34.0 Å². The van der Waals surface area contributed by atoms with Crippen molar-refractivity contribution < 1.29 is 13.8 Å². The molecule has 0 aromatic heterocycles. The molecule has 0 aliphatic carbocycles. The van der Waals surface area contributed by atoms with Crippen molar-refractivity contribution in [3.05, 3.63) is 121 Å². The van der Waals surface area contributed by atoms with Gasteiger partial charge in [0, 0.05) is 0 Å². The predicted octanol–water partition coefficient (Wildman–Crippen LogP) is 9.49. The van der Waals surface area contributed by atoms with Gasteiger partial charge in [0.15, 0.2) is 0 Å². The van der Waals surface area contributed by atoms with Crippen LogP contribution in [0, 0.1) is 0 Å². The summed E-state index contributed by atoms with van der Waals surface area (Å²) in [5.41, 5.74) is 6.69. The van der Waals surface area contributed by atoms with E-state index in [1.165, 1.54) is 10.8 Å². The first kappa shape index (κ1) is 25.1. The molecule has 1 saturated heterocycles. The molecule has 1 unspecified atom stereocenters. The van der Waals surface area contributed by atoms with E-state index in [1.807, 2.05) is 0 Å². The van der Waals surface area contributed by atoms with Crippen LogP contribution < -0.4 is 9.05 Å². The van der Waals surface area contributed by atoms with Crippen molar-refractivity contribution >= 4 is 42.6 Å². The third-order valence-corrected chi connectivity index (χ3v) is 13.2. The molecule has 0 amide bonds. The monoisotopic (exact) mass is 618 g/mol. The van der Waals surface area contributed by atoms with Crippen LogP contribution in [0.4, 0.5) is 0 Å². The molecule has 0 saturated carbocycles. The fraction of sp³-hybridized carbons (Fsp3) is 0.111. The van der Waals surface area contributed by atoms with Crippen molar-refractivity contribution in [1.29, 1.82) is 0 Å². The molecule has 5 heteroatoms. The van der Waals surface area contributed by atoms with Gasteiger partial charge >= 0.3 is 248 Å². The van der Waals surface area contributed by atoms with Crippen LogP contribution >= 0.6 is 5.96 Å². The summed E-state index contributed by atoms with van der Waals surface area (Å²) in [6.45, 7) is 1.33. The molecule has 6 aromatic rings. The first-order valence-electron chi connectivity index (χ1n) is 14.0. The van der Waals surface area contributed by atoms with E-state index >= 15 is 0 Å². The van der Waals surface area contributed by atoms with Gasteiger partial charge in [0.05, 0.1) is 0 Å². The van der Waals surface area contributed by atoms with Crippen LogP contribution in [0.5, 0.6) is 11.5 Å². The maximum atomic E-state index is 7.30. The Morgan fingerprint density at radius 2 is 1.05 bits per heavy atom. The molecule has 2 heterocycles. The molecule has 41 heavy (non-hydrogen) atoms. The minimum atomic E-state index is -2.62. The fourth-order valence-electron chi connectivity index (χ4n) is 6.20. The Balaban J connectivity index is 1.58. The van der Waals surface area contributed by atoms with E-state index in [-0.39, 0.29) is 5.66 Å². The summed E-state index contributed by atoms with van der Waals surface area (Å²) in [6, 6.07) is 42.9. The van der Waals surface area contributed by atoms with Crippen molar-refractivity contribution in [3.63, 3.8) is 0 Å². The van der Waals surface area contributed by atoms with E-state index in [0.29, 0.717) is 13.2 Å². The number of rotatable bonds is 3. The van der Waals surface area contributed by atoms with Crippen molar-refractivity contribution in [2.75, 3.05) is 13.2 Å². The summed E-state index contributed by atoms with van der Waals surface area (Å²) in [4.78, 5) is 0. The van der Waals surface area contributed by atoms with Gasteiger partial charge in [-0.05, 0) is 0 Å². The van der Waals surface area contributed by atoms with Gasteiger partial charge in [-0.3, -0.25) is 0 Å². The molecule has 0 spiro atoms. The van der Waals surface area contributed by atoms with Crippen molar-refractivity contribution in [2.24, 2.45) is 0 Å². The van der Waals surface area contributed by atoms with E-state index in [1.54, 1.807) is 0 Å². The van der Waals surface area contributed by atoms with Crippen molar-refractivity contribution in [1.82, 2.24) is 0 Å². The number of hydrogen-bond acceptors (Lipinski definition) is 3. The second-order valence-corrected chi connectivity index (χ2v) is 16.0. The van der Waals surface area contributed by atoms with Crippen molar-refractivity contribution in [2.45, 2.75) is 12.1 Å². The molecule has 2 aliphatic rings. The second kappa shape index (κ2) is 10.0. The van der Waals surface area contributed by atoms with Gasteiger partial charge < -0.3 is 0 Å². The van der Waals surface area contributed by atoms with Crippen LogP contribution in [0.25, 0.3) is 54.9 Å². The van der Waals surface area contributed by atoms with Crippen LogP contribution in [0.3, 0.4) is 0 Å². The summed E-state index contributed by atoms with van der Waals surface area (Å²) in [7, 11) is 0. The zero-order chi connectivity index (χ0) is 27.4. The zero-order valence-corrected chi connectivity index (χ0v) is 24.9. The Bertz CT molecular complexity index is 1850. The van der Waals surface area contributed by atoms with Crippen LogP contribution in [0.1, 0.15) is 6.42 Å². The average Bonchev–Trinajstić information content (AvgIpc) is 3.54. The molecule has 1 fully saturated rings. The first-order chi connectivity index (χ1) is 20.2. The summed E-state index contributed by atoms with van der Waals surface area (Å²) in [6.07, 6.45) is 0.897. The number of benzene rings is 6. The van der Waals surface area contributed by atoms with Gasteiger partial charge in [-0.25, -0.2) is 0 Å². The van der Waals surface area contributed by atoms with Gasteiger partial charge in [-0.15, -0.1) is 0 Å². The summed E-state index contributed by atoms with van der Waals surface area (Å²) < 4.78 is 20.5. The Morgan fingerprint density at radius 1 is 0.585 bits per heavy atom. The Morgan fingerprint density at radius 3 is 1.51 bits per heavy atom. The Hall–Kier alpha value is -3.65. The summed E-state index contributed by atoms with van der Waals surface area (Å²) in [5, 5.41) is 4.64. The van der Waals surface area contributed by atoms with Crippen molar-refractivity contribution in [3.8, 4) is 44.9 Å². The quantitative estimate of drug-likeness (QED) is 0.146. The van der Waals surface area contributed by atoms with Gasteiger partial charge in [0.2, 0.25) is 0 Å². The molecule has 200 valence electrons. The summed E-state index contributed by atoms with van der Waals surface area (Å²) in [5.74, 6) is -0.864. The van der Waals surface area contributed by atoms with Gasteiger partial charge in [0.1, 0.15) is 0 Å². The SMILES string of the molecule is [Se]=P1(C2CCOC2)Oc2c(-c3ccccc3)cc3ccccc3c2-c2c(c(-c3ccccc3)cc3ccccc23)O1. The molecule has 2 aliphatic heterocycles. The molecular weight excluding hydrogens is 590 g/mol. The molecule has 0 radical (unpaired) electrons. The normalized spacial score (nSPS) is 17.3. The Kier molecular flexibility index (Phi) is 6.13. The zero-order valence-electron chi connectivity index (χ0n) is 22.3. The topological polar surface area (TPSA) is 27.7 Å². The molecule has 3 nitrogen and oxygen atoms in total. The third-order valence-electron chi connectivity index (χ3n) is 8.21. The van der Waals surface area contributed by atoms with Crippen LogP contribution in [0.15, 0.2) is 121 Å². The van der Waals surface area contributed by atoms with E-state index in [9.17, 15) is 0 Å². The second-order valence-electron chi connectivity index (χ2n) is 10.7. The molecule has 6 aromatic carbocycles. The third kappa shape index (κ3) is 4.18. The average molecular weight is 618 g/mol. The van der Waals surface area contributed by atoms with E-state index in [0.717, 1.165) is 62.1 Å².